The first-order valence-electron chi connectivity index (χ1n) is 7.17. The quantitative estimate of drug-likeness (QED) is 0.726. The number of nitrogens with zero attached hydrogens (tertiary/aromatic N) is 4. The number of aromatic nitrogens is 4. The van der Waals surface area contributed by atoms with Crippen LogP contribution in [0.1, 0.15) is 23.5 Å². The summed E-state index contributed by atoms with van der Waals surface area (Å²) in [7, 11) is 0. The summed E-state index contributed by atoms with van der Waals surface area (Å²) >= 11 is 0. The molecule has 0 spiro atoms. The van der Waals surface area contributed by atoms with Crippen LogP contribution in [-0.4, -0.2) is 19.9 Å². The lowest BCUT2D eigenvalue weighted by atomic mass is 10.1. The lowest BCUT2D eigenvalue weighted by Gasteiger charge is -2.07. The van der Waals surface area contributed by atoms with E-state index in [-0.39, 0.29) is 0 Å². The Morgan fingerprint density at radius 3 is 2.86 bits per heavy atom. The minimum atomic E-state index is 0.508. The maximum Gasteiger partial charge on any atom is 0.177 e. The molecule has 0 aliphatic heterocycles. The van der Waals surface area contributed by atoms with E-state index in [0.717, 1.165) is 34.7 Å². The van der Waals surface area contributed by atoms with E-state index >= 15 is 0 Å². The fourth-order valence-corrected chi connectivity index (χ4v) is 2.33. The molecule has 6 nitrogen and oxygen atoms in total. The highest BCUT2D eigenvalue weighted by molar-refractivity contribution is 5.69. The molecule has 0 saturated heterocycles. The molecular weight excluding hydrogens is 276 g/mol. The van der Waals surface area contributed by atoms with Crippen LogP contribution in [0.3, 0.4) is 0 Å². The molecule has 0 saturated carbocycles. The molecule has 3 rings (SSSR count). The lowest BCUT2D eigenvalue weighted by Crippen LogP contribution is -2.16. The van der Waals surface area contributed by atoms with Crippen molar-refractivity contribution in [3.05, 3.63) is 53.7 Å². The molecule has 0 aliphatic carbocycles. The van der Waals surface area contributed by atoms with Crippen molar-refractivity contribution in [3.8, 4) is 6.07 Å². The van der Waals surface area contributed by atoms with Gasteiger partial charge in [0.1, 0.15) is 5.82 Å². The van der Waals surface area contributed by atoms with Gasteiger partial charge < -0.3 is 10.3 Å². The largest absolute Gasteiger partial charge is 0.340 e. The van der Waals surface area contributed by atoms with Crippen molar-refractivity contribution in [3.63, 3.8) is 0 Å². The second-order valence-corrected chi connectivity index (χ2v) is 4.93. The highest BCUT2D eigenvalue weighted by Gasteiger charge is 2.05. The van der Waals surface area contributed by atoms with E-state index in [2.05, 4.69) is 31.3 Å². The van der Waals surface area contributed by atoms with Crippen molar-refractivity contribution in [2.45, 2.75) is 25.9 Å². The molecule has 22 heavy (non-hydrogen) atoms. The SMILES string of the molecule is N#CCCc1cccnc1CNCc1nc2ncccc2[nH]1. The highest BCUT2D eigenvalue weighted by Crippen LogP contribution is 2.09. The van der Waals surface area contributed by atoms with E-state index in [1.54, 1.807) is 12.4 Å². The molecule has 3 aromatic heterocycles. The summed E-state index contributed by atoms with van der Waals surface area (Å²) in [5.74, 6) is 0.850. The van der Waals surface area contributed by atoms with Crippen molar-refractivity contribution in [1.82, 2.24) is 25.3 Å². The van der Waals surface area contributed by atoms with Crippen LogP contribution in [0.25, 0.3) is 11.2 Å². The molecule has 0 amide bonds. The third-order valence-corrected chi connectivity index (χ3v) is 3.38. The van der Waals surface area contributed by atoms with E-state index in [9.17, 15) is 0 Å². The Bertz CT molecular complexity index is 769. The summed E-state index contributed by atoms with van der Waals surface area (Å²) in [6.45, 7) is 1.26. The van der Waals surface area contributed by atoms with Crippen LogP contribution in [0.15, 0.2) is 36.7 Å². The van der Waals surface area contributed by atoms with Gasteiger partial charge in [0, 0.05) is 25.4 Å². The van der Waals surface area contributed by atoms with Crippen LogP contribution in [0.5, 0.6) is 0 Å². The minimum Gasteiger partial charge on any atom is -0.340 e. The van der Waals surface area contributed by atoms with Gasteiger partial charge >= 0.3 is 0 Å². The second-order valence-electron chi connectivity index (χ2n) is 4.93. The van der Waals surface area contributed by atoms with Crippen LogP contribution < -0.4 is 5.32 Å². The number of imidazole rings is 1. The minimum absolute atomic E-state index is 0.508. The molecule has 0 unspecified atom stereocenters. The van der Waals surface area contributed by atoms with Crippen LogP contribution in [0, 0.1) is 11.3 Å². The van der Waals surface area contributed by atoms with Gasteiger partial charge in [-0.15, -0.1) is 0 Å². The van der Waals surface area contributed by atoms with Crippen molar-refractivity contribution in [1.29, 1.82) is 5.26 Å². The van der Waals surface area contributed by atoms with Gasteiger partial charge in [-0.2, -0.15) is 5.26 Å². The standard InChI is InChI=1S/C16H16N6/c17-7-1-4-12-5-2-8-19-14(12)10-18-11-15-21-13-6-3-9-20-16(13)22-15/h2-3,5-6,8-9,18H,1,4,10-11H2,(H,20,21,22). The number of aromatic amines is 1. The Balaban J connectivity index is 1.62. The van der Waals surface area contributed by atoms with Crippen molar-refractivity contribution >= 4 is 11.2 Å². The van der Waals surface area contributed by atoms with Gasteiger partial charge in [-0.25, -0.2) is 9.97 Å². The predicted octanol–water partition coefficient (Wildman–Crippen LogP) is 2.10. The number of nitriles is 1. The summed E-state index contributed by atoms with van der Waals surface area (Å²) in [6.07, 6.45) is 4.75. The Morgan fingerprint density at radius 2 is 2.00 bits per heavy atom. The Labute approximate surface area is 128 Å². The number of rotatable bonds is 6. The van der Waals surface area contributed by atoms with Crippen LogP contribution in [0.2, 0.25) is 0 Å². The highest BCUT2D eigenvalue weighted by atomic mass is 15.0. The number of hydrogen-bond donors (Lipinski definition) is 2. The number of aryl methyl sites for hydroxylation is 1. The second kappa shape index (κ2) is 6.78. The van der Waals surface area contributed by atoms with Crippen LogP contribution >= 0.6 is 0 Å². The summed E-state index contributed by atoms with van der Waals surface area (Å²) in [4.78, 5) is 16.2. The van der Waals surface area contributed by atoms with E-state index < -0.39 is 0 Å². The third-order valence-electron chi connectivity index (χ3n) is 3.38. The molecule has 0 fully saturated rings. The summed E-state index contributed by atoms with van der Waals surface area (Å²) in [5, 5.41) is 12.0. The fourth-order valence-electron chi connectivity index (χ4n) is 2.33. The number of hydrogen-bond acceptors (Lipinski definition) is 5. The zero-order valence-corrected chi connectivity index (χ0v) is 12.1. The molecule has 3 heterocycles. The zero-order valence-electron chi connectivity index (χ0n) is 12.1. The van der Waals surface area contributed by atoms with Crippen molar-refractivity contribution in [2.75, 3.05) is 0 Å². The van der Waals surface area contributed by atoms with E-state index in [1.165, 1.54) is 0 Å². The molecule has 110 valence electrons. The summed E-state index contributed by atoms with van der Waals surface area (Å²) in [5.41, 5.74) is 3.76. The first kappa shape index (κ1) is 14.2. The van der Waals surface area contributed by atoms with Gasteiger partial charge in [0.25, 0.3) is 0 Å². The van der Waals surface area contributed by atoms with Gasteiger partial charge in [0.05, 0.1) is 23.8 Å². The van der Waals surface area contributed by atoms with Gasteiger partial charge in [-0.05, 0) is 30.2 Å². The molecule has 2 N–H and O–H groups in total. The Morgan fingerprint density at radius 1 is 1.14 bits per heavy atom. The molecule has 6 heteroatoms. The Kier molecular flexibility index (Phi) is 4.37. The maximum absolute atomic E-state index is 8.71. The number of H-pyrrole nitrogens is 1. The molecule has 0 aliphatic rings. The third kappa shape index (κ3) is 3.27. The Hall–Kier alpha value is -2.78. The van der Waals surface area contributed by atoms with E-state index in [1.807, 2.05) is 24.3 Å². The zero-order chi connectivity index (χ0) is 15.2. The van der Waals surface area contributed by atoms with Crippen molar-refractivity contribution < 1.29 is 0 Å². The smallest absolute Gasteiger partial charge is 0.177 e. The van der Waals surface area contributed by atoms with Gasteiger partial charge in [0.15, 0.2) is 5.65 Å². The maximum atomic E-state index is 8.71. The lowest BCUT2D eigenvalue weighted by molar-refractivity contribution is 0.652. The monoisotopic (exact) mass is 292 g/mol. The predicted molar refractivity (Wildman–Crippen MR) is 82.6 cm³/mol. The summed E-state index contributed by atoms with van der Waals surface area (Å²) < 4.78 is 0. The topological polar surface area (TPSA) is 90.3 Å². The molecule has 0 atom stereocenters. The van der Waals surface area contributed by atoms with Gasteiger partial charge in [-0.3, -0.25) is 4.98 Å². The molecule has 3 aromatic rings. The first-order valence-corrected chi connectivity index (χ1v) is 7.17. The number of nitrogens with one attached hydrogen (secondary N) is 2. The van der Waals surface area contributed by atoms with Gasteiger partial charge in [-0.1, -0.05) is 6.07 Å². The fraction of sp³-hybridized carbons (Fsp3) is 0.250. The molecule has 0 radical (unpaired) electrons. The van der Waals surface area contributed by atoms with Crippen molar-refractivity contribution in [2.24, 2.45) is 0 Å². The number of fused-ring (bicyclic) bond motifs is 1. The van der Waals surface area contributed by atoms with Crippen LogP contribution in [0.4, 0.5) is 0 Å². The molecule has 0 bridgehead atoms. The summed E-state index contributed by atoms with van der Waals surface area (Å²) in [6, 6.07) is 9.93. The average molecular weight is 292 g/mol. The molecule has 0 aromatic carbocycles. The van der Waals surface area contributed by atoms with E-state index in [4.69, 9.17) is 5.26 Å². The normalized spacial score (nSPS) is 10.7. The van der Waals surface area contributed by atoms with Crippen LogP contribution in [-0.2, 0) is 19.5 Å². The molecular formula is C16H16N6. The van der Waals surface area contributed by atoms with Gasteiger partial charge in [0.2, 0.25) is 0 Å². The number of pyridine rings is 2. The average Bonchev–Trinajstić information content (AvgIpc) is 2.96. The first-order chi connectivity index (χ1) is 10.9. The van der Waals surface area contributed by atoms with E-state index in [0.29, 0.717) is 19.5 Å².